The topological polar surface area (TPSA) is 152 Å². The van der Waals surface area contributed by atoms with Gasteiger partial charge in [0, 0.05) is 42.5 Å². The summed E-state index contributed by atoms with van der Waals surface area (Å²) in [5.41, 5.74) is -1.84. The Morgan fingerprint density at radius 2 is 1.57 bits per heavy atom. The van der Waals surface area contributed by atoms with E-state index in [-0.39, 0.29) is 55.1 Å². The van der Waals surface area contributed by atoms with Gasteiger partial charge in [-0.15, -0.1) is 10.2 Å². The quantitative estimate of drug-likeness (QED) is 0.126. The van der Waals surface area contributed by atoms with Crippen LogP contribution in [0.15, 0.2) is 34.5 Å². The van der Waals surface area contributed by atoms with Crippen LogP contribution in [0.25, 0.3) is 0 Å². The van der Waals surface area contributed by atoms with Crippen molar-refractivity contribution >= 4 is 29.6 Å². The fraction of sp³-hybridized carbons (Fsp3) is 0.679. The van der Waals surface area contributed by atoms with Crippen LogP contribution in [-0.4, -0.2) is 93.3 Å². The number of urea groups is 1. The minimum Gasteiger partial charge on any atom is -0.379 e. The molecule has 0 radical (unpaired) electrons. The number of fused-ring (bicyclic) bond motifs is 1. The highest BCUT2D eigenvalue weighted by atomic mass is 32.2. The van der Waals surface area contributed by atoms with Crippen LogP contribution in [0, 0.1) is 0 Å². The van der Waals surface area contributed by atoms with Crippen molar-refractivity contribution in [3.63, 3.8) is 0 Å². The molecule has 44 heavy (non-hydrogen) atoms. The molecule has 3 aliphatic rings. The number of hydrogen-bond acceptors (Lipinski definition) is 9. The molecular formula is C28H39F3N6O6S. The molecule has 0 bridgehead atoms. The highest BCUT2D eigenvalue weighted by Crippen LogP contribution is 2.52. The molecule has 2 saturated heterocycles. The van der Waals surface area contributed by atoms with Crippen LogP contribution in [0.2, 0.25) is 0 Å². The van der Waals surface area contributed by atoms with E-state index in [1.807, 2.05) is 11.8 Å². The van der Waals surface area contributed by atoms with E-state index in [9.17, 15) is 27.6 Å². The third-order valence-corrected chi connectivity index (χ3v) is 8.92. The number of carbonyl (C=O) groups excluding carboxylic acids is 3. The van der Waals surface area contributed by atoms with Crippen LogP contribution >= 0.6 is 11.8 Å². The summed E-state index contributed by atoms with van der Waals surface area (Å²) < 4.78 is 55.4. The van der Waals surface area contributed by atoms with Gasteiger partial charge in [0.2, 0.25) is 11.8 Å². The monoisotopic (exact) mass is 644 g/mol. The van der Waals surface area contributed by atoms with Gasteiger partial charge in [-0.25, -0.2) is 4.79 Å². The van der Waals surface area contributed by atoms with E-state index in [0.717, 1.165) is 25.0 Å². The van der Waals surface area contributed by atoms with Crippen LogP contribution in [0.5, 0.6) is 0 Å². The van der Waals surface area contributed by atoms with E-state index >= 15 is 0 Å². The molecule has 12 nitrogen and oxygen atoms in total. The molecule has 4 amide bonds. The van der Waals surface area contributed by atoms with Crippen molar-refractivity contribution in [1.29, 1.82) is 0 Å². The smallest absolute Gasteiger partial charge is 0.379 e. The van der Waals surface area contributed by atoms with Crippen molar-refractivity contribution in [2.45, 2.75) is 67.8 Å². The first-order valence-corrected chi connectivity index (χ1v) is 15.8. The van der Waals surface area contributed by atoms with Gasteiger partial charge in [-0.05, 0) is 18.4 Å². The molecule has 0 aromatic heterocycles. The number of amides is 4. The number of hydrogen-bond donors (Lipinski definition) is 4. The van der Waals surface area contributed by atoms with Gasteiger partial charge in [0.05, 0.1) is 51.7 Å². The molecule has 0 saturated carbocycles. The number of rotatable bonds is 20. The maximum absolute atomic E-state index is 13.1. The molecule has 0 spiro atoms. The molecular weight excluding hydrogens is 605 g/mol. The fourth-order valence-electron chi connectivity index (χ4n) is 4.92. The molecule has 244 valence electrons. The van der Waals surface area contributed by atoms with Crippen LogP contribution in [0.1, 0.15) is 43.2 Å². The first-order chi connectivity index (χ1) is 21.2. The molecule has 3 atom stereocenters. The Labute approximate surface area is 258 Å². The summed E-state index contributed by atoms with van der Waals surface area (Å²) in [7, 11) is 0. The summed E-state index contributed by atoms with van der Waals surface area (Å²) >= 11 is 1.88. The van der Waals surface area contributed by atoms with E-state index in [2.05, 4.69) is 31.5 Å². The van der Waals surface area contributed by atoms with E-state index in [4.69, 9.17) is 14.2 Å². The average molecular weight is 645 g/mol. The first-order valence-electron chi connectivity index (χ1n) is 14.7. The second-order valence-electron chi connectivity index (χ2n) is 10.6. The van der Waals surface area contributed by atoms with Gasteiger partial charge in [-0.3, -0.25) is 9.59 Å². The standard InChI is InChI=1S/C28H39F3N6O6S/c29-28(30,31)27(36-37-27)20-7-5-19(6-8-20)17-33-24(39)9-11-41-13-15-43-16-14-42-12-10-32-23(38)4-2-1-3-22-25-21(18-44-22)34-26(40)35-25/h5-8,21-22,25H,1-4,9-18H2,(H,32,38)(H,33,39)(H2,34,35,40)/t21-,22+,25-/m0/s1. The lowest BCUT2D eigenvalue weighted by molar-refractivity contribution is -0.166. The lowest BCUT2D eigenvalue weighted by Crippen LogP contribution is -2.36. The predicted octanol–water partition coefficient (Wildman–Crippen LogP) is 2.77. The van der Waals surface area contributed by atoms with Gasteiger partial charge in [-0.1, -0.05) is 30.7 Å². The number of ether oxygens (including phenoxy) is 3. The first kappa shape index (κ1) is 33.9. The van der Waals surface area contributed by atoms with Crippen molar-refractivity contribution in [3.8, 4) is 0 Å². The number of carbonyl (C=O) groups is 3. The SMILES string of the molecule is O=C(CCCC[C@H]1SC[C@@H]2NC(=O)N[C@@H]21)NCCOCCOCCOCCC(=O)NCc1ccc(C2(C(F)(F)F)N=N2)cc1. The zero-order valence-corrected chi connectivity index (χ0v) is 25.1. The van der Waals surface area contributed by atoms with Crippen LogP contribution < -0.4 is 21.3 Å². The van der Waals surface area contributed by atoms with Gasteiger partial charge >= 0.3 is 17.9 Å². The van der Waals surface area contributed by atoms with Crippen molar-refractivity contribution in [2.75, 3.05) is 51.9 Å². The van der Waals surface area contributed by atoms with E-state index in [0.29, 0.717) is 56.8 Å². The molecule has 16 heteroatoms. The highest BCUT2D eigenvalue weighted by Gasteiger charge is 2.65. The largest absolute Gasteiger partial charge is 0.442 e. The van der Waals surface area contributed by atoms with E-state index in [1.165, 1.54) is 24.3 Å². The Morgan fingerprint density at radius 3 is 2.25 bits per heavy atom. The lowest BCUT2D eigenvalue weighted by atomic mass is 10.0. The second kappa shape index (κ2) is 16.4. The van der Waals surface area contributed by atoms with Crippen molar-refractivity contribution in [2.24, 2.45) is 10.2 Å². The lowest BCUT2D eigenvalue weighted by Gasteiger charge is -2.16. The van der Waals surface area contributed by atoms with Gasteiger partial charge in [-0.2, -0.15) is 24.9 Å². The molecule has 3 heterocycles. The molecule has 2 fully saturated rings. The maximum atomic E-state index is 13.1. The number of alkyl halides is 3. The molecule has 1 aromatic carbocycles. The summed E-state index contributed by atoms with van der Waals surface area (Å²) in [6, 6.07) is 5.98. The Bertz CT molecular complexity index is 1140. The highest BCUT2D eigenvalue weighted by molar-refractivity contribution is 8.00. The second-order valence-corrected chi connectivity index (χ2v) is 11.9. The van der Waals surface area contributed by atoms with Gasteiger partial charge < -0.3 is 35.5 Å². The zero-order valence-electron chi connectivity index (χ0n) is 24.3. The summed E-state index contributed by atoms with van der Waals surface area (Å²) in [5.74, 6) is 0.697. The number of nitrogens with one attached hydrogen (secondary N) is 4. The van der Waals surface area contributed by atoms with Crippen molar-refractivity contribution in [1.82, 2.24) is 21.3 Å². The molecule has 1 aromatic rings. The third-order valence-electron chi connectivity index (χ3n) is 7.41. The Balaban J connectivity index is 0.892. The average Bonchev–Trinajstić information content (AvgIpc) is 3.63. The van der Waals surface area contributed by atoms with Crippen LogP contribution in [0.4, 0.5) is 18.0 Å². The van der Waals surface area contributed by atoms with Crippen LogP contribution in [-0.2, 0) is 36.0 Å². The Morgan fingerprint density at radius 1 is 0.909 bits per heavy atom. The van der Waals surface area contributed by atoms with Crippen molar-refractivity contribution in [3.05, 3.63) is 35.4 Å². The summed E-state index contributed by atoms with van der Waals surface area (Å²) in [4.78, 5) is 35.4. The predicted molar refractivity (Wildman–Crippen MR) is 155 cm³/mol. The molecule has 3 aliphatic heterocycles. The van der Waals surface area contributed by atoms with Gasteiger partial charge in [0.25, 0.3) is 0 Å². The third kappa shape index (κ3) is 10.0. The Kier molecular flexibility index (Phi) is 12.6. The number of unbranched alkanes of at least 4 members (excludes halogenated alkanes) is 1. The molecule has 0 unspecified atom stereocenters. The van der Waals surface area contributed by atoms with E-state index in [1.54, 1.807) is 0 Å². The van der Waals surface area contributed by atoms with Gasteiger partial charge in [0.1, 0.15) is 0 Å². The minimum atomic E-state index is -4.57. The number of thioether (sulfide) groups is 1. The molecule has 0 aliphatic carbocycles. The summed E-state index contributed by atoms with van der Waals surface area (Å²) in [6.45, 7) is 2.62. The fourth-order valence-corrected chi connectivity index (χ4v) is 6.46. The zero-order chi connectivity index (χ0) is 31.4. The summed E-state index contributed by atoms with van der Waals surface area (Å²) in [5, 5.41) is 18.2. The van der Waals surface area contributed by atoms with E-state index < -0.39 is 11.8 Å². The minimum absolute atomic E-state index is 0.00152. The molecule has 4 rings (SSSR count). The normalized spacial score (nSPS) is 21.4. The number of nitrogens with zero attached hydrogens (tertiary/aromatic N) is 2. The maximum Gasteiger partial charge on any atom is 0.442 e. The van der Waals surface area contributed by atoms with Crippen LogP contribution in [0.3, 0.4) is 0 Å². The number of halogens is 3. The Hall–Kier alpha value is -2.95. The number of benzene rings is 1. The molecule has 4 N–H and O–H groups in total. The van der Waals surface area contributed by atoms with Gasteiger partial charge in [0.15, 0.2) is 0 Å². The van der Waals surface area contributed by atoms with Crippen molar-refractivity contribution < 1.29 is 41.8 Å². The summed E-state index contributed by atoms with van der Waals surface area (Å²) in [6.07, 6.45) is -1.23.